The van der Waals surface area contributed by atoms with Gasteiger partial charge in [0.25, 0.3) is 0 Å². The predicted octanol–water partition coefficient (Wildman–Crippen LogP) is 7.85. The second-order valence-electron chi connectivity index (χ2n) is 12.6. The molecule has 0 spiro atoms. The van der Waals surface area contributed by atoms with Crippen LogP contribution in [-0.2, 0) is 18.4 Å². The van der Waals surface area contributed by atoms with Gasteiger partial charge in [0, 0.05) is 6.42 Å². The zero-order chi connectivity index (χ0) is 31.5. The Bertz CT molecular complexity index is 753. The van der Waals surface area contributed by atoms with Gasteiger partial charge < -0.3 is 19.8 Å². The number of rotatable bonds is 29. The number of phosphoric acid groups is 1. The SMILES string of the molecule is CCCCCCCC/C=C/C=C/[C@@H](O)[C@H](COP(=O)(O)OCC[N+](C)(C)C)NC(=O)CCCCCCCCCCCC. The Kier molecular flexibility index (Phi) is 25.7. The number of carbonyl (C=O) groups is 1. The maximum Gasteiger partial charge on any atom is 0.472 e. The van der Waals surface area contributed by atoms with Crippen molar-refractivity contribution in [3.05, 3.63) is 24.3 Å². The van der Waals surface area contributed by atoms with E-state index in [1.165, 1.54) is 77.0 Å². The van der Waals surface area contributed by atoms with Crippen molar-refractivity contribution in [3.8, 4) is 0 Å². The quantitative estimate of drug-likeness (QED) is 0.0342. The normalized spacial score (nSPS) is 15.3. The van der Waals surface area contributed by atoms with Crippen LogP contribution in [0.1, 0.15) is 129 Å². The van der Waals surface area contributed by atoms with Crippen LogP contribution in [0, 0.1) is 0 Å². The van der Waals surface area contributed by atoms with Gasteiger partial charge in [-0.3, -0.25) is 13.8 Å². The number of quaternary nitrogens is 1. The number of phosphoric ester groups is 1. The van der Waals surface area contributed by atoms with Crippen LogP contribution >= 0.6 is 7.82 Å². The zero-order valence-electron chi connectivity index (χ0n) is 27.7. The van der Waals surface area contributed by atoms with Gasteiger partial charge in [-0.15, -0.1) is 0 Å². The first kappa shape index (κ1) is 41.0. The van der Waals surface area contributed by atoms with Gasteiger partial charge in [0.05, 0.1) is 39.9 Å². The summed E-state index contributed by atoms with van der Waals surface area (Å²) >= 11 is 0. The summed E-state index contributed by atoms with van der Waals surface area (Å²) in [6, 6.07) is -0.869. The van der Waals surface area contributed by atoms with Gasteiger partial charge in [0.1, 0.15) is 13.2 Å². The van der Waals surface area contributed by atoms with Gasteiger partial charge in [0.2, 0.25) is 5.91 Å². The lowest BCUT2D eigenvalue weighted by Crippen LogP contribution is -2.45. The summed E-state index contributed by atoms with van der Waals surface area (Å²) in [5.74, 6) is -0.201. The van der Waals surface area contributed by atoms with Gasteiger partial charge in [-0.25, -0.2) is 4.57 Å². The van der Waals surface area contributed by atoms with E-state index < -0.39 is 20.0 Å². The van der Waals surface area contributed by atoms with Gasteiger partial charge >= 0.3 is 7.82 Å². The van der Waals surface area contributed by atoms with Crippen LogP contribution in [-0.4, -0.2) is 73.4 Å². The first-order chi connectivity index (χ1) is 20.0. The summed E-state index contributed by atoms with van der Waals surface area (Å²) < 4.78 is 23.3. The summed E-state index contributed by atoms with van der Waals surface area (Å²) in [6.45, 7) is 4.69. The van der Waals surface area contributed by atoms with Crippen LogP contribution in [0.4, 0.5) is 0 Å². The fourth-order valence-corrected chi connectivity index (χ4v) is 5.18. The molecule has 0 saturated heterocycles. The molecule has 0 saturated carbocycles. The van der Waals surface area contributed by atoms with Gasteiger partial charge in [0.15, 0.2) is 0 Å². The van der Waals surface area contributed by atoms with E-state index in [-0.39, 0.29) is 19.1 Å². The van der Waals surface area contributed by atoms with E-state index in [4.69, 9.17) is 9.05 Å². The minimum atomic E-state index is -4.33. The number of aliphatic hydroxyl groups is 1. The summed E-state index contributed by atoms with van der Waals surface area (Å²) in [4.78, 5) is 22.8. The summed E-state index contributed by atoms with van der Waals surface area (Å²) in [5, 5.41) is 13.6. The maximum absolute atomic E-state index is 12.7. The average Bonchev–Trinajstić information content (AvgIpc) is 2.92. The van der Waals surface area contributed by atoms with Crippen molar-refractivity contribution < 1.29 is 32.9 Å². The van der Waals surface area contributed by atoms with Crippen LogP contribution in [0.25, 0.3) is 0 Å². The van der Waals surface area contributed by atoms with Crippen molar-refractivity contribution in [1.82, 2.24) is 5.32 Å². The lowest BCUT2D eigenvalue weighted by atomic mass is 10.1. The van der Waals surface area contributed by atoms with Crippen molar-refractivity contribution in [1.29, 1.82) is 0 Å². The van der Waals surface area contributed by atoms with Crippen LogP contribution < -0.4 is 5.32 Å². The van der Waals surface area contributed by atoms with Crippen LogP contribution in [0.3, 0.4) is 0 Å². The number of allylic oxidation sites excluding steroid dienone is 3. The number of aliphatic hydroxyl groups excluding tert-OH is 1. The van der Waals surface area contributed by atoms with E-state index in [0.717, 1.165) is 32.1 Å². The van der Waals surface area contributed by atoms with E-state index in [1.54, 1.807) is 12.2 Å². The lowest BCUT2D eigenvalue weighted by Gasteiger charge is -2.25. The van der Waals surface area contributed by atoms with Crippen LogP contribution in [0.2, 0.25) is 0 Å². The van der Waals surface area contributed by atoms with Gasteiger partial charge in [-0.05, 0) is 19.3 Å². The molecule has 1 unspecified atom stereocenters. The topological polar surface area (TPSA) is 105 Å². The van der Waals surface area contributed by atoms with Crippen molar-refractivity contribution in [3.63, 3.8) is 0 Å². The first-order valence-corrected chi connectivity index (χ1v) is 18.2. The smallest absolute Gasteiger partial charge is 0.387 e. The Labute approximate surface area is 258 Å². The molecule has 0 rings (SSSR count). The number of hydrogen-bond acceptors (Lipinski definition) is 5. The largest absolute Gasteiger partial charge is 0.472 e. The van der Waals surface area contributed by atoms with E-state index >= 15 is 0 Å². The van der Waals surface area contributed by atoms with Gasteiger partial charge in [-0.1, -0.05) is 128 Å². The Morgan fingerprint density at radius 2 is 1.33 bits per heavy atom. The second kappa shape index (κ2) is 26.4. The van der Waals surface area contributed by atoms with Crippen molar-refractivity contribution in [2.75, 3.05) is 40.9 Å². The van der Waals surface area contributed by atoms with E-state index in [0.29, 0.717) is 17.4 Å². The highest BCUT2D eigenvalue weighted by atomic mass is 31.2. The molecule has 0 heterocycles. The number of nitrogens with one attached hydrogen (secondary N) is 1. The highest BCUT2D eigenvalue weighted by Gasteiger charge is 2.27. The molecule has 248 valence electrons. The van der Waals surface area contributed by atoms with Crippen LogP contribution in [0.5, 0.6) is 0 Å². The summed E-state index contributed by atoms with van der Waals surface area (Å²) in [5.41, 5.74) is 0. The van der Waals surface area contributed by atoms with Crippen molar-refractivity contribution >= 4 is 13.7 Å². The minimum Gasteiger partial charge on any atom is -0.387 e. The van der Waals surface area contributed by atoms with Gasteiger partial charge in [-0.2, -0.15) is 0 Å². The summed E-state index contributed by atoms with van der Waals surface area (Å²) in [7, 11) is 1.54. The van der Waals surface area contributed by atoms with E-state index in [2.05, 4.69) is 25.2 Å². The molecule has 1 amide bonds. The fraction of sp³-hybridized carbons (Fsp3) is 0.848. The monoisotopic (exact) mass is 617 g/mol. The number of hydrogen-bond donors (Lipinski definition) is 3. The van der Waals surface area contributed by atoms with Crippen LogP contribution in [0.15, 0.2) is 24.3 Å². The standard InChI is InChI=1S/C33H65N2O6P/c1-6-8-10-12-14-16-18-20-22-24-26-32(36)31(30-41-42(38,39)40-29-28-35(3,4)5)34-33(37)27-25-23-21-19-17-15-13-11-9-7-2/h20,22,24,26,31-32,36H,6-19,21,23,25,27-30H2,1-5H3,(H-,34,37,38,39)/p+1/b22-20+,26-24+/t31-,32+/m0/s1. The molecule has 0 aliphatic rings. The number of amides is 1. The molecule has 42 heavy (non-hydrogen) atoms. The number of carbonyl (C=O) groups excluding carboxylic acids is 1. The second-order valence-corrected chi connectivity index (χ2v) is 14.0. The summed E-state index contributed by atoms with van der Waals surface area (Å²) in [6.07, 6.45) is 26.8. The first-order valence-electron chi connectivity index (χ1n) is 16.7. The Balaban J connectivity index is 4.71. The molecule has 3 atom stereocenters. The lowest BCUT2D eigenvalue weighted by molar-refractivity contribution is -0.870. The molecule has 0 bridgehead atoms. The number of unbranched alkanes of at least 4 members (excludes halogenated alkanes) is 15. The van der Waals surface area contributed by atoms with E-state index in [1.807, 2.05) is 27.2 Å². The molecule has 0 aliphatic heterocycles. The fourth-order valence-electron chi connectivity index (χ4n) is 4.45. The predicted molar refractivity (Wildman–Crippen MR) is 175 cm³/mol. The molecule has 0 radical (unpaired) electrons. The molecule has 0 aromatic heterocycles. The third kappa shape index (κ3) is 27.8. The molecule has 3 N–H and O–H groups in total. The molecule has 8 nitrogen and oxygen atoms in total. The highest BCUT2D eigenvalue weighted by molar-refractivity contribution is 7.47. The Hall–Kier alpha value is -1.02. The van der Waals surface area contributed by atoms with E-state index in [9.17, 15) is 19.4 Å². The molecular formula is C33H66N2O6P+. The average molecular weight is 618 g/mol. The molecule has 0 aromatic carbocycles. The van der Waals surface area contributed by atoms with Crippen molar-refractivity contribution in [2.45, 2.75) is 142 Å². The molecular weight excluding hydrogens is 551 g/mol. The molecule has 0 aromatic rings. The third-order valence-electron chi connectivity index (χ3n) is 7.23. The zero-order valence-corrected chi connectivity index (χ0v) is 28.6. The molecule has 0 aliphatic carbocycles. The Morgan fingerprint density at radius 1 is 0.810 bits per heavy atom. The molecule has 9 heteroatoms. The maximum atomic E-state index is 12.7. The number of nitrogens with zero attached hydrogens (tertiary/aromatic N) is 1. The highest BCUT2D eigenvalue weighted by Crippen LogP contribution is 2.43. The Morgan fingerprint density at radius 3 is 1.88 bits per heavy atom. The third-order valence-corrected chi connectivity index (χ3v) is 8.21. The molecule has 0 fully saturated rings. The minimum absolute atomic E-state index is 0.0545. The van der Waals surface area contributed by atoms with Crippen molar-refractivity contribution in [2.24, 2.45) is 0 Å². The number of likely N-dealkylation sites (N-methyl/N-ethyl adjacent to an activating group) is 1.